The molecule has 0 amide bonds. The molecule has 0 saturated heterocycles. The lowest BCUT2D eigenvalue weighted by molar-refractivity contribution is 0.940. The molecule has 0 fully saturated rings. The number of aromatic amines is 1. The van der Waals surface area contributed by atoms with Gasteiger partial charge in [0.1, 0.15) is 0 Å². The van der Waals surface area contributed by atoms with Crippen molar-refractivity contribution in [1.82, 2.24) is 15.4 Å². The third kappa shape index (κ3) is 0.839. The van der Waals surface area contributed by atoms with Crippen LogP contribution in [-0.4, -0.2) is 15.4 Å². The molecule has 0 unspecified atom stereocenters. The molecule has 0 aliphatic heterocycles. The second kappa shape index (κ2) is 2.38. The van der Waals surface area contributed by atoms with Gasteiger partial charge in [0.05, 0.1) is 6.20 Å². The number of nitrogens with one attached hydrogen (secondary N) is 1. The van der Waals surface area contributed by atoms with Crippen molar-refractivity contribution >= 4 is 0 Å². The van der Waals surface area contributed by atoms with Gasteiger partial charge in [0.25, 0.3) is 0 Å². The van der Waals surface area contributed by atoms with Gasteiger partial charge < -0.3 is 0 Å². The number of nitrogens with zero attached hydrogens (tertiary/aromatic N) is 2. The molecule has 1 aromatic heterocycles. The Hall–Kier alpha value is -0.860. The molecule has 3 nitrogen and oxygen atoms in total. The molecule has 3 heteroatoms. The van der Waals surface area contributed by atoms with Crippen LogP contribution in [0.1, 0.15) is 0 Å². The van der Waals surface area contributed by atoms with Crippen LogP contribution in [-0.2, 0) is 0 Å². The van der Waals surface area contributed by atoms with Crippen molar-refractivity contribution in [2.45, 2.75) is 0 Å². The van der Waals surface area contributed by atoms with Gasteiger partial charge in [-0.15, -0.1) is 5.10 Å². The van der Waals surface area contributed by atoms with E-state index in [1.807, 2.05) is 0 Å². The summed E-state index contributed by atoms with van der Waals surface area (Å²) >= 11 is 0. The standard InChI is InChI=1S/C2H3N3.C/c1-2-4-5-3-1;/h1-2H,(H,3,4,5);. The number of rotatable bonds is 0. The number of aromatic nitrogens is 3. The molecular weight excluding hydrogens is 78.1 g/mol. The molecule has 0 aromatic carbocycles. The van der Waals surface area contributed by atoms with Crippen LogP contribution >= 0.6 is 0 Å². The Labute approximate surface area is 36.4 Å². The fourth-order valence-corrected chi connectivity index (χ4v) is 0.167. The van der Waals surface area contributed by atoms with Crippen LogP contribution < -0.4 is 0 Å². The summed E-state index contributed by atoms with van der Waals surface area (Å²) in [5.74, 6) is 0. The van der Waals surface area contributed by atoms with Crippen molar-refractivity contribution in [2.75, 3.05) is 0 Å². The van der Waals surface area contributed by atoms with Crippen LogP contribution in [0.15, 0.2) is 12.4 Å². The minimum absolute atomic E-state index is 0. The van der Waals surface area contributed by atoms with E-state index in [0.29, 0.717) is 0 Å². The lowest BCUT2D eigenvalue weighted by Crippen LogP contribution is -1.61. The van der Waals surface area contributed by atoms with Gasteiger partial charge in [-0.05, 0) is 0 Å². The third-order valence-electron chi connectivity index (χ3n) is 0.331. The Morgan fingerprint density at radius 2 is 2.33 bits per heavy atom. The van der Waals surface area contributed by atoms with E-state index in [-0.39, 0.29) is 7.43 Å². The van der Waals surface area contributed by atoms with Gasteiger partial charge in [-0.25, -0.2) is 0 Å². The Morgan fingerprint density at radius 3 is 2.50 bits per heavy atom. The zero-order chi connectivity index (χ0) is 3.54. The molecule has 6 heavy (non-hydrogen) atoms. The highest BCUT2D eigenvalue weighted by atomic mass is 15.3. The van der Waals surface area contributed by atoms with E-state index in [9.17, 15) is 0 Å². The second-order valence-corrected chi connectivity index (χ2v) is 0.660. The lowest BCUT2D eigenvalue weighted by atomic mass is 11.0. The Bertz CT molecular complexity index is 62.5. The van der Waals surface area contributed by atoms with Crippen LogP contribution in [0.4, 0.5) is 0 Å². The van der Waals surface area contributed by atoms with Crippen LogP contribution in [0, 0.1) is 7.43 Å². The zero-order valence-corrected chi connectivity index (χ0v) is 3.05. The molecule has 0 atom stereocenters. The Balaban J connectivity index is 0.000000250. The average molecular weight is 81.1 g/mol. The van der Waals surface area contributed by atoms with E-state index in [4.69, 9.17) is 0 Å². The smallest absolute Gasteiger partial charge is 0.0690 e. The summed E-state index contributed by atoms with van der Waals surface area (Å²) < 4.78 is 0. The van der Waals surface area contributed by atoms with E-state index >= 15 is 0 Å². The largest absolute Gasteiger partial charge is 0.266 e. The van der Waals surface area contributed by atoms with Crippen molar-refractivity contribution in [3.63, 3.8) is 0 Å². The van der Waals surface area contributed by atoms with Gasteiger partial charge in [0.2, 0.25) is 0 Å². The SMILES string of the molecule is [C].c1c[nH]nn1. The minimum atomic E-state index is 0. The van der Waals surface area contributed by atoms with E-state index in [0.717, 1.165) is 0 Å². The third-order valence-corrected chi connectivity index (χ3v) is 0.331. The summed E-state index contributed by atoms with van der Waals surface area (Å²) in [6.45, 7) is 0. The maximum Gasteiger partial charge on any atom is 0.0690 e. The highest BCUT2D eigenvalue weighted by Crippen LogP contribution is 1.55. The minimum Gasteiger partial charge on any atom is -0.266 e. The molecule has 1 N–H and O–H groups in total. The Kier molecular flexibility index (Phi) is 2.04. The first-order valence-corrected chi connectivity index (χ1v) is 1.30. The summed E-state index contributed by atoms with van der Waals surface area (Å²) in [4.78, 5) is 0. The summed E-state index contributed by atoms with van der Waals surface area (Å²) in [6, 6.07) is 0. The molecule has 0 saturated carbocycles. The molecular formula is C3H3N3. The first-order valence-electron chi connectivity index (χ1n) is 1.30. The topological polar surface area (TPSA) is 41.6 Å². The number of hydrogen-bond donors (Lipinski definition) is 1. The maximum absolute atomic E-state index is 3.42. The molecule has 1 aromatic rings. The molecule has 30 valence electrons. The Morgan fingerprint density at radius 1 is 1.50 bits per heavy atom. The van der Waals surface area contributed by atoms with Gasteiger partial charge >= 0.3 is 0 Å². The van der Waals surface area contributed by atoms with Gasteiger partial charge in [-0.2, -0.15) is 0 Å². The fourth-order valence-electron chi connectivity index (χ4n) is 0.167. The molecule has 1 rings (SSSR count). The first-order chi connectivity index (χ1) is 2.50. The monoisotopic (exact) mass is 81.0 g/mol. The normalized spacial score (nSPS) is 6.67. The quantitative estimate of drug-likeness (QED) is 0.473. The highest BCUT2D eigenvalue weighted by molar-refractivity contribution is 4.54. The van der Waals surface area contributed by atoms with Gasteiger partial charge in [-0.1, -0.05) is 5.21 Å². The predicted molar refractivity (Wildman–Crippen MR) is 19.6 cm³/mol. The van der Waals surface area contributed by atoms with E-state index in [1.165, 1.54) is 0 Å². The van der Waals surface area contributed by atoms with Gasteiger partial charge in [-0.3, -0.25) is 5.10 Å². The second-order valence-electron chi connectivity index (χ2n) is 0.660. The van der Waals surface area contributed by atoms with Crippen molar-refractivity contribution < 1.29 is 0 Å². The van der Waals surface area contributed by atoms with Crippen LogP contribution in [0.3, 0.4) is 0 Å². The van der Waals surface area contributed by atoms with Crippen molar-refractivity contribution in [3.8, 4) is 0 Å². The highest BCUT2D eigenvalue weighted by Gasteiger charge is 1.57. The zero-order valence-electron chi connectivity index (χ0n) is 3.05. The molecule has 0 aliphatic carbocycles. The van der Waals surface area contributed by atoms with Gasteiger partial charge in [0.15, 0.2) is 0 Å². The molecule has 4 radical (unpaired) electrons. The van der Waals surface area contributed by atoms with Crippen molar-refractivity contribution in [3.05, 3.63) is 19.8 Å². The van der Waals surface area contributed by atoms with E-state index in [1.54, 1.807) is 12.4 Å². The molecule has 1 heterocycles. The molecule has 0 bridgehead atoms. The summed E-state index contributed by atoms with van der Waals surface area (Å²) in [6.07, 6.45) is 3.24. The summed E-state index contributed by atoms with van der Waals surface area (Å²) in [7, 11) is 0. The molecule has 0 aliphatic rings. The maximum atomic E-state index is 3.42. The molecule has 0 spiro atoms. The average Bonchev–Trinajstić information content (AvgIpc) is 1.76. The fraction of sp³-hybridized carbons (Fsp3) is 0. The summed E-state index contributed by atoms with van der Waals surface area (Å²) in [5.41, 5.74) is 0. The van der Waals surface area contributed by atoms with Crippen molar-refractivity contribution in [2.24, 2.45) is 0 Å². The van der Waals surface area contributed by atoms with Crippen LogP contribution in [0.5, 0.6) is 0 Å². The van der Waals surface area contributed by atoms with E-state index < -0.39 is 0 Å². The number of H-pyrrole nitrogens is 1. The lowest BCUT2D eigenvalue weighted by Gasteiger charge is -1.46. The predicted octanol–water partition coefficient (Wildman–Crippen LogP) is -0.114. The van der Waals surface area contributed by atoms with Gasteiger partial charge in [0, 0.05) is 13.6 Å². The van der Waals surface area contributed by atoms with Crippen molar-refractivity contribution in [1.29, 1.82) is 0 Å². The van der Waals surface area contributed by atoms with E-state index in [2.05, 4.69) is 15.4 Å². The summed E-state index contributed by atoms with van der Waals surface area (Å²) in [5, 5.41) is 9.26. The first kappa shape index (κ1) is 5.14. The van der Waals surface area contributed by atoms with Crippen LogP contribution in [0.2, 0.25) is 0 Å². The number of hydrogen-bond acceptors (Lipinski definition) is 2. The van der Waals surface area contributed by atoms with Crippen LogP contribution in [0.25, 0.3) is 0 Å².